The van der Waals surface area contributed by atoms with E-state index in [9.17, 15) is 0 Å². The van der Waals surface area contributed by atoms with Crippen molar-refractivity contribution in [1.82, 2.24) is 15.1 Å². The number of aryl methyl sites for hydroxylation is 3. The van der Waals surface area contributed by atoms with E-state index in [2.05, 4.69) is 34.2 Å². The molecule has 0 aliphatic carbocycles. The second kappa shape index (κ2) is 6.59. The molecule has 4 heteroatoms. The summed E-state index contributed by atoms with van der Waals surface area (Å²) in [6.45, 7) is 7.09. The Balaban J connectivity index is 1.58. The Bertz CT molecular complexity index is 398. The molecule has 0 amide bonds. The van der Waals surface area contributed by atoms with E-state index in [0.717, 1.165) is 44.6 Å². The van der Waals surface area contributed by atoms with E-state index in [1.807, 2.05) is 13.2 Å². The lowest BCUT2D eigenvalue weighted by atomic mass is 10.1. The van der Waals surface area contributed by atoms with Gasteiger partial charge in [0.2, 0.25) is 0 Å². The predicted molar refractivity (Wildman–Crippen MR) is 72.4 cm³/mol. The van der Waals surface area contributed by atoms with E-state index >= 15 is 0 Å². The number of ether oxygens (including phenoxy) is 1. The molecule has 1 aromatic heterocycles. The summed E-state index contributed by atoms with van der Waals surface area (Å²) in [5, 5.41) is 7.90. The van der Waals surface area contributed by atoms with E-state index < -0.39 is 0 Å². The predicted octanol–water partition coefficient (Wildman–Crippen LogP) is 2.17. The molecular weight excluding hydrogens is 226 g/mol. The summed E-state index contributed by atoms with van der Waals surface area (Å²) in [7, 11) is 0. The number of aromatic nitrogens is 2. The summed E-state index contributed by atoms with van der Waals surface area (Å²) in [6, 6.07) is 2.12. The molecule has 0 saturated heterocycles. The van der Waals surface area contributed by atoms with Gasteiger partial charge in [0, 0.05) is 18.8 Å². The molecule has 0 saturated carbocycles. The van der Waals surface area contributed by atoms with Gasteiger partial charge in [0.1, 0.15) is 6.10 Å². The quantitative estimate of drug-likeness (QED) is 0.785. The number of hydrogen-bond acceptors (Lipinski definition) is 3. The second-order valence-corrected chi connectivity index (χ2v) is 4.92. The van der Waals surface area contributed by atoms with Crippen molar-refractivity contribution < 1.29 is 4.74 Å². The van der Waals surface area contributed by atoms with E-state index in [1.54, 1.807) is 0 Å². The van der Waals surface area contributed by atoms with Gasteiger partial charge in [0.15, 0.2) is 0 Å². The lowest BCUT2D eigenvalue weighted by Gasteiger charge is -2.19. The lowest BCUT2D eigenvalue weighted by Crippen LogP contribution is -2.30. The molecule has 1 atom stereocenters. The van der Waals surface area contributed by atoms with Crippen molar-refractivity contribution in [2.24, 2.45) is 0 Å². The van der Waals surface area contributed by atoms with E-state index in [1.165, 1.54) is 5.69 Å². The summed E-state index contributed by atoms with van der Waals surface area (Å²) in [6.07, 6.45) is 7.62. The van der Waals surface area contributed by atoms with Gasteiger partial charge in [-0.1, -0.05) is 0 Å². The summed E-state index contributed by atoms with van der Waals surface area (Å²) in [5.74, 6) is 0. The summed E-state index contributed by atoms with van der Waals surface area (Å²) < 4.78 is 7.58. The average Bonchev–Trinajstić information content (AvgIpc) is 2.69. The molecule has 1 aliphatic heterocycles. The molecule has 1 N–H and O–H groups in total. The van der Waals surface area contributed by atoms with Gasteiger partial charge in [0.25, 0.3) is 0 Å². The first-order chi connectivity index (χ1) is 8.75. The van der Waals surface area contributed by atoms with Crippen molar-refractivity contribution in [3.63, 3.8) is 0 Å². The Morgan fingerprint density at radius 1 is 1.50 bits per heavy atom. The molecule has 0 aromatic carbocycles. The Morgan fingerprint density at radius 3 is 3.06 bits per heavy atom. The van der Waals surface area contributed by atoms with Crippen molar-refractivity contribution in [3.05, 3.63) is 29.8 Å². The Morgan fingerprint density at radius 2 is 2.39 bits per heavy atom. The maximum atomic E-state index is 5.50. The van der Waals surface area contributed by atoms with E-state index in [4.69, 9.17) is 4.74 Å². The third-order valence-electron chi connectivity index (χ3n) is 3.22. The van der Waals surface area contributed by atoms with Crippen LogP contribution in [0.2, 0.25) is 0 Å². The normalized spacial score (nSPS) is 18.9. The number of nitrogens with one attached hydrogen (secondary N) is 1. The molecule has 1 aromatic rings. The van der Waals surface area contributed by atoms with E-state index in [0.29, 0.717) is 6.10 Å². The first-order valence-electron chi connectivity index (χ1n) is 6.78. The first-order valence-corrected chi connectivity index (χ1v) is 6.78. The lowest BCUT2D eigenvalue weighted by molar-refractivity contribution is 0.122. The Kier molecular flexibility index (Phi) is 4.81. The van der Waals surface area contributed by atoms with Crippen LogP contribution in [0, 0.1) is 13.8 Å². The van der Waals surface area contributed by atoms with Crippen LogP contribution in [0.5, 0.6) is 0 Å². The SMILES string of the molecule is Cc1cc(C)n(CCCNCC2CCC=CO2)n1. The van der Waals surface area contributed by atoms with Crippen LogP contribution >= 0.6 is 0 Å². The first kappa shape index (κ1) is 13.1. The van der Waals surface area contributed by atoms with E-state index in [-0.39, 0.29) is 0 Å². The minimum atomic E-state index is 0.351. The number of rotatable bonds is 6. The molecule has 0 spiro atoms. The van der Waals surface area contributed by atoms with Crippen molar-refractivity contribution in [3.8, 4) is 0 Å². The van der Waals surface area contributed by atoms with Gasteiger partial charge in [-0.05, 0) is 51.8 Å². The number of nitrogens with zero attached hydrogens (tertiary/aromatic N) is 2. The van der Waals surface area contributed by atoms with Crippen LogP contribution in [0.15, 0.2) is 18.4 Å². The zero-order valence-corrected chi connectivity index (χ0v) is 11.4. The van der Waals surface area contributed by atoms with Gasteiger partial charge in [-0.25, -0.2) is 0 Å². The molecule has 2 heterocycles. The molecule has 100 valence electrons. The second-order valence-electron chi connectivity index (χ2n) is 4.92. The molecule has 4 nitrogen and oxygen atoms in total. The van der Waals surface area contributed by atoms with Gasteiger partial charge in [-0.15, -0.1) is 0 Å². The molecule has 0 radical (unpaired) electrons. The number of hydrogen-bond donors (Lipinski definition) is 1. The summed E-state index contributed by atoms with van der Waals surface area (Å²) in [5.41, 5.74) is 2.34. The minimum absolute atomic E-state index is 0.351. The highest BCUT2D eigenvalue weighted by Gasteiger charge is 2.09. The monoisotopic (exact) mass is 249 g/mol. The average molecular weight is 249 g/mol. The molecule has 18 heavy (non-hydrogen) atoms. The highest BCUT2D eigenvalue weighted by Crippen LogP contribution is 2.08. The Hall–Kier alpha value is -1.29. The van der Waals surface area contributed by atoms with Crippen molar-refractivity contribution in [2.45, 2.75) is 45.8 Å². The maximum absolute atomic E-state index is 5.50. The van der Waals surface area contributed by atoms with Crippen LogP contribution in [0.3, 0.4) is 0 Å². The van der Waals surface area contributed by atoms with Crippen molar-refractivity contribution in [2.75, 3.05) is 13.1 Å². The smallest absolute Gasteiger partial charge is 0.110 e. The van der Waals surface area contributed by atoms with Crippen LogP contribution in [-0.4, -0.2) is 29.0 Å². The molecule has 1 aliphatic rings. The maximum Gasteiger partial charge on any atom is 0.110 e. The van der Waals surface area contributed by atoms with Crippen LogP contribution in [0.25, 0.3) is 0 Å². The molecule has 0 fully saturated rings. The molecule has 0 bridgehead atoms. The fourth-order valence-electron chi connectivity index (χ4n) is 2.25. The van der Waals surface area contributed by atoms with Crippen molar-refractivity contribution >= 4 is 0 Å². The van der Waals surface area contributed by atoms with Gasteiger partial charge in [-0.3, -0.25) is 4.68 Å². The zero-order chi connectivity index (χ0) is 12.8. The van der Waals surface area contributed by atoms with Crippen LogP contribution < -0.4 is 5.32 Å². The van der Waals surface area contributed by atoms with Gasteiger partial charge >= 0.3 is 0 Å². The highest BCUT2D eigenvalue weighted by molar-refractivity contribution is 5.06. The van der Waals surface area contributed by atoms with Gasteiger partial charge < -0.3 is 10.1 Å². The highest BCUT2D eigenvalue weighted by atomic mass is 16.5. The largest absolute Gasteiger partial charge is 0.497 e. The van der Waals surface area contributed by atoms with Crippen LogP contribution in [0.4, 0.5) is 0 Å². The number of allylic oxidation sites excluding steroid dienone is 1. The van der Waals surface area contributed by atoms with Crippen LogP contribution in [0.1, 0.15) is 30.7 Å². The summed E-state index contributed by atoms with van der Waals surface area (Å²) >= 11 is 0. The topological polar surface area (TPSA) is 39.1 Å². The fourth-order valence-corrected chi connectivity index (χ4v) is 2.25. The fraction of sp³-hybridized carbons (Fsp3) is 0.643. The van der Waals surface area contributed by atoms with Gasteiger partial charge in [-0.2, -0.15) is 5.10 Å². The minimum Gasteiger partial charge on any atom is -0.497 e. The third kappa shape index (κ3) is 3.88. The van der Waals surface area contributed by atoms with Crippen LogP contribution in [-0.2, 0) is 11.3 Å². The molecule has 2 rings (SSSR count). The van der Waals surface area contributed by atoms with Crippen molar-refractivity contribution in [1.29, 1.82) is 0 Å². The zero-order valence-electron chi connectivity index (χ0n) is 11.4. The summed E-state index contributed by atoms with van der Waals surface area (Å²) in [4.78, 5) is 0. The standard InChI is InChI=1S/C14H23N3O/c1-12-10-13(2)17(16-12)8-5-7-15-11-14-6-3-4-9-18-14/h4,9-10,14-15H,3,5-8,11H2,1-2H3. The molecular formula is C14H23N3O. The molecule has 1 unspecified atom stereocenters. The Labute approximate surface area is 109 Å². The third-order valence-corrected chi connectivity index (χ3v) is 3.22. The van der Waals surface area contributed by atoms with Gasteiger partial charge in [0.05, 0.1) is 12.0 Å².